The first-order chi connectivity index (χ1) is 11.6. The maximum atomic E-state index is 12.6. The summed E-state index contributed by atoms with van der Waals surface area (Å²) >= 11 is 1.41. The average Bonchev–Trinajstić information content (AvgIpc) is 2.69. The highest BCUT2D eigenvalue weighted by Gasteiger charge is 2.25. The number of ether oxygens (including phenoxy) is 1. The van der Waals surface area contributed by atoms with E-state index in [1.54, 1.807) is 36.3 Å². The molecule has 0 fully saturated rings. The van der Waals surface area contributed by atoms with E-state index in [1.807, 2.05) is 19.1 Å². The minimum absolute atomic E-state index is 0.0174. The number of benzene rings is 1. The van der Waals surface area contributed by atoms with Crippen LogP contribution in [0.2, 0.25) is 0 Å². The molecular formula is C17H17N3O3S. The quantitative estimate of drug-likeness (QED) is 0.924. The Balaban J connectivity index is 1.91. The number of aromatic nitrogens is 1. The molecular weight excluding hydrogens is 326 g/mol. The van der Waals surface area contributed by atoms with Gasteiger partial charge in [-0.3, -0.25) is 9.59 Å². The maximum Gasteiger partial charge on any atom is 0.260 e. The summed E-state index contributed by atoms with van der Waals surface area (Å²) in [5.74, 6) is -0.309. The zero-order chi connectivity index (χ0) is 17.1. The standard InChI is InChI=1S/C17H17N3O3S/c1-3-23-10-15(21)19-11-6-7-13-14(9-11)24-16-12(5-4-8-18-16)17(22)20(13)2/h4-9H,3,10H2,1-2H3,(H,19,21). The molecule has 0 saturated carbocycles. The van der Waals surface area contributed by atoms with Gasteiger partial charge in [0.2, 0.25) is 5.91 Å². The zero-order valence-electron chi connectivity index (χ0n) is 13.4. The van der Waals surface area contributed by atoms with Gasteiger partial charge in [0.25, 0.3) is 5.91 Å². The summed E-state index contributed by atoms with van der Waals surface area (Å²) < 4.78 is 5.10. The number of amides is 2. The van der Waals surface area contributed by atoms with Crippen molar-refractivity contribution in [2.75, 3.05) is 30.5 Å². The molecule has 2 heterocycles. The molecule has 0 spiro atoms. The number of rotatable bonds is 4. The molecule has 2 aromatic rings. The highest BCUT2D eigenvalue weighted by molar-refractivity contribution is 7.99. The van der Waals surface area contributed by atoms with Crippen molar-refractivity contribution in [3.8, 4) is 0 Å². The fourth-order valence-electron chi connectivity index (χ4n) is 2.37. The van der Waals surface area contributed by atoms with Crippen molar-refractivity contribution >= 4 is 35.0 Å². The molecule has 0 aliphatic carbocycles. The van der Waals surface area contributed by atoms with Crippen LogP contribution in [0.25, 0.3) is 0 Å². The van der Waals surface area contributed by atoms with Crippen molar-refractivity contribution < 1.29 is 14.3 Å². The first-order valence-electron chi connectivity index (χ1n) is 7.52. The zero-order valence-corrected chi connectivity index (χ0v) is 14.2. The third kappa shape index (κ3) is 3.27. The summed E-state index contributed by atoms with van der Waals surface area (Å²) in [6, 6.07) is 8.96. The molecule has 1 N–H and O–H groups in total. The molecule has 1 aromatic carbocycles. The molecule has 1 aliphatic heterocycles. The van der Waals surface area contributed by atoms with E-state index in [0.717, 1.165) is 10.6 Å². The Kier molecular flexibility index (Phi) is 4.82. The van der Waals surface area contributed by atoms with Gasteiger partial charge in [-0.15, -0.1) is 0 Å². The first-order valence-corrected chi connectivity index (χ1v) is 8.34. The van der Waals surface area contributed by atoms with E-state index < -0.39 is 0 Å². The van der Waals surface area contributed by atoms with Crippen LogP contribution < -0.4 is 10.2 Å². The van der Waals surface area contributed by atoms with Crippen LogP contribution in [-0.4, -0.2) is 37.1 Å². The van der Waals surface area contributed by atoms with Gasteiger partial charge in [0.1, 0.15) is 11.6 Å². The molecule has 0 atom stereocenters. The van der Waals surface area contributed by atoms with E-state index in [1.165, 1.54) is 11.8 Å². The lowest BCUT2D eigenvalue weighted by Crippen LogP contribution is -2.26. The lowest BCUT2D eigenvalue weighted by atomic mass is 10.2. The van der Waals surface area contributed by atoms with Gasteiger partial charge < -0.3 is 15.0 Å². The number of fused-ring (bicyclic) bond motifs is 2. The van der Waals surface area contributed by atoms with Gasteiger partial charge in [-0.2, -0.15) is 0 Å². The van der Waals surface area contributed by atoms with Crippen LogP contribution in [-0.2, 0) is 9.53 Å². The van der Waals surface area contributed by atoms with Gasteiger partial charge in [0, 0.05) is 30.4 Å². The molecule has 6 nitrogen and oxygen atoms in total. The average molecular weight is 343 g/mol. The molecule has 1 aliphatic rings. The highest BCUT2D eigenvalue weighted by Crippen LogP contribution is 2.40. The van der Waals surface area contributed by atoms with Gasteiger partial charge in [-0.1, -0.05) is 11.8 Å². The Hall–Kier alpha value is -2.38. The minimum Gasteiger partial charge on any atom is -0.372 e. The topological polar surface area (TPSA) is 71.5 Å². The number of hydrogen-bond acceptors (Lipinski definition) is 5. The number of pyridine rings is 1. The largest absolute Gasteiger partial charge is 0.372 e. The third-order valence-corrected chi connectivity index (χ3v) is 4.62. The Bertz CT molecular complexity index is 794. The first kappa shape index (κ1) is 16.5. The van der Waals surface area contributed by atoms with Gasteiger partial charge in [-0.25, -0.2) is 4.98 Å². The minimum atomic E-state index is -0.210. The number of hydrogen-bond donors (Lipinski definition) is 1. The van der Waals surface area contributed by atoms with Crippen molar-refractivity contribution in [1.82, 2.24) is 4.98 Å². The van der Waals surface area contributed by atoms with E-state index >= 15 is 0 Å². The number of carbonyl (C=O) groups excluding carboxylic acids is 2. The number of anilines is 2. The van der Waals surface area contributed by atoms with Gasteiger partial charge in [0.05, 0.1) is 11.3 Å². The van der Waals surface area contributed by atoms with Gasteiger partial charge in [-0.05, 0) is 37.3 Å². The second kappa shape index (κ2) is 7.02. The van der Waals surface area contributed by atoms with Crippen LogP contribution in [0.15, 0.2) is 46.5 Å². The van der Waals surface area contributed by atoms with Gasteiger partial charge >= 0.3 is 0 Å². The summed E-state index contributed by atoms with van der Waals surface area (Å²) in [4.78, 5) is 31.1. The highest BCUT2D eigenvalue weighted by atomic mass is 32.2. The SMILES string of the molecule is CCOCC(=O)Nc1ccc2c(c1)Sc1ncccc1C(=O)N2C. The Morgan fingerprint density at radius 3 is 3.00 bits per heavy atom. The second-order valence-electron chi connectivity index (χ2n) is 5.19. The second-order valence-corrected chi connectivity index (χ2v) is 6.22. The summed E-state index contributed by atoms with van der Waals surface area (Å²) in [5, 5.41) is 3.45. The predicted octanol–water partition coefficient (Wildman–Crippen LogP) is 2.80. The van der Waals surface area contributed by atoms with Crippen molar-refractivity contribution in [1.29, 1.82) is 0 Å². The smallest absolute Gasteiger partial charge is 0.260 e. The predicted molar refractivity (Wildman–Crippen MR) is 92.7 cm³/mol. The normalized spacial score (nSPS) is 13.1. The van der Waals surface area contributed by atoms with Crippen LogP contribution in [0, 0.1) is 0 Å². The van der Waals surface area contributed by atoms with Crippen molar-refractivity contribution in [3.63, 3.8) is 0 Å². The summed E-state index contributed by atoms with van der Waals surface area (Å²) in [6.45, 7) is 2.34. The van der Waals surface area contributed by atoms with Crippen LogP contribution >= 0.6 is 11.8 Å². The number of carbonyl (C=O) groups is 2. The van der Waals surface area contributed by atoms with E-state index in [2.05, 4.69) is 10.3 Å². The molecule has 0 radical (unpaired) electrons. The van der Waals surface area contributed by atoms with E-state index in [4.69, 9.17) is 4.74 Å². The van der Waals surface area contributed by atoms with E-state index in [-0.39, 0.29) is 18.4 Å². The molecule has 124 valence electrons. The summed E-state index contributed by atoms with van der Waals surface area (Å²) in [7, 11) is 1.73. The third-order valence-electron chi connectivity index (χ3n) is 3.56. The molecule has 1 aromatic heterocycles. The fourth-order valence-corrected chi connectivity index (χ4v) is 3.45. The number of nitrogens with zero attached hydrogens (tertiary/aromatic N) is 2. The van der Waals surface area contributed by atoms with Crippen LogP contribution in [0.1, 0.15) is 17.3 Å². The molecule has 3 rings (SSSR count). The fraction of sp³-hybridized carbons (Fsp3) is 0.235. The van der Waals surface area contributed by atoms with Crippen molar-refractivity contribution in [2.24, 2.45) is 0 Å². The molecule has 0 unspecified atom stereocenters. The molecule has 7 heteroatoms. The molecule has 2 amide bonds. The molecule has 24 heavy (non-hydrogen) atoms. The molecule has 0 bridgehead atoms. The summed E-state index contributed by atoms with van der Waals surface area (Å²) in [6.07, 6.45) is 1.66. The Morgan fingerprint density at radius 2 is 2.21 bits per heavy atom. The lowest BCUT2D eigenvalue weighted by Gasteiger charge is -2.18. The Labute approximate surface area is 144 Å². The Morgan fingerprint density at radius 1 is 1.38 bits per heavy atom. The van der Waals surface area contributed by atoms with Crippen LogP contribution in [0.4, 0.5) is 11.4 Å². The molecule has 0 saturated heterocycles. The van der Waals surface area contributed by atoms with Crippen LogP contribution in [0.3, 0.4) is 0 Å². The lowest BCUT2D eigenvalue weighted by molar-refractivity contribution is -0.120. The van der Waals surface area contributed by atoms with Gasteiger partial charge in [0.15, 0.2) is 0 Å². The monoisotopic (exact) mass is 343 g/mol. The van der Waals surface area contributed by atoms with Crippen molar-refractivity contribution in [3.05, 3.63) is 42.1 Å². The van der Waals surface area contributed by atoms with Crippen LogP contribution in [0.5, 0.6) is 0 Å². The maximum absolute atomic E-state index is 12.6. The van der Waals surface area contributed by atoms with Crippen molar-refractivity contribution in [2.45, 2.75) is 16.8 Å². The number of nitrogens with one attached hydrogen (secondary N) is 1. The van der Waals surface area contributed by atoms with E-state index in [9.17, 15) is 9.59 Å². The van der Waals surface area contributed by atoms with E-state index in [0.29, 0.717) is 22.9 Å². The summed E-state index contributed by atoms with van der Waals surface area (Å²) in [5.41, 5.74) is 2.01.